The fourth-order valence-corrected chi connectivity index (χ4v) is 3.65. The minimum atomic E-state index is -0.844. The van der Waals surface area contributed by atoms with E-state index < -0.39 is 5.60 Å². The van der Waals surface area contributed by atoms with Gasteiger partial charge in [0.25, 0.3) is 0 Å². The zero-order valence-electron chi connectivity index (χ0n) is 16.0. The van der Waals surface area contributed by atoms with Crippen LogP contribution in [0.15, 0.2) is 29.3 Å². The van der Waals surface area contributed by atoms with E-state index in [2.05, 4.69) is 51.7 Å². The average Bonchev–Trinajstić information content (AvgIpc) is 2.61. The van der Waals surface area contributed by atoms with Gasteiger partial charge in [-0.15, -0.1) is 0 Å². The highest BCUT2D eigenvalue weighted by atomic mass is 16.5. The summed E-state index contributed by atoms with van der Waals surface area (Å²) in [5.41, 5.74) is 2.05. The maximum absolute atomic E-state index is 10.7. The molecule has 144 valence electrons. The van der Waals surface area contributed by atoms with Gasteiger partial charge in [0.1, 0.15) is 0 Å². The van der Waals surface area contributed by atoms with Gasteiger partial charge in [-0.05, 0) is 31.4 Å². The van der Waals surface area contributed by atoms with Crippen molar-refractivity contribution in [2.75, 3.05) is 52.5 Å². The number of rotatable bonds is 7. The molecule has 1 fully saturated rings. The second-order valence-corrected chi connectivity index (χ2v) is 7.56. The first-order valence-electron chi connectivity index (χ1n) is 9.70. The number of aliphatic imine (C=N–C) groups is 1. The van der Waals surface area contributed by atoms with Crippen LogP contribution >= 0.6 is 0 Å². The van der Waals surface area contributed by atoms with Gasteiger partial charge in [-0.1, -0.05) is 24.3 Å². The molecule has 2 unspecified atom stereocenters. The summed E-state index contributed by atoms with van der Waals surface area (Å²) < 4.78 is 5.37. The minimum absolute atomic E-state index is 0.376. The summed E-state index contributed by atoms with van der Waals surface area (Å²) in [7, 11) is 0. The molecule has 1 heterocycles. The summed E-state index contributed by atoms with van der Waals surface area (Å²) in [6.07, 6.45) is 1.12. The Hall–Kier alpha value is -1.63. The summed E-state index contributed by atoms with van der Waals surface area (Å²) >= 11 is 0. The van der Waals surface area contributed by atoms with Crippen molar-refractivity contribution in [1.82, 2.24) is 15.5 Å². The number of guanidine groups is 1. The number of nitrogens with one attached hydrogen (secondary N) is 2. The maximum atomic E-state index is 10.7. The van der Waals surface area contributed by atoms with Crippen molar-refractivity contribution < 1.29 is 9.84 Å². The van der Waals surface area contributed by atoms with Crippen LogP contribution in [0.1, 0.15) is 30.9 Å². The van der Waals surface area contributed by atoms with Crippen molar-refractivity contribution in [1.29, 1.82) is 0 Å². The van der Waals surface area contributed by atoms with Gasteiger partial charge < -0.3 is 20.5 Å². The van der Waals surface area contributed by atoms with E-state index in [1.165, 1.54) is 11.1 Å². The highest BCUT2D eigenvalue weighted by Crippen LogP contribution is 2.33. The first-order chi connectivity index (χ1) is 12.6. The van der Waals surface area contributed by atoms with E-state index in [0.29, 0.717) is 19.0 Å². The minimum Gasteiger partial charge on any atom is -0.387 e. The zero-order valence-corrected chi connectivity index (χ0v) is 16.0. The molecule has 0 radical (unpaired) electrons. The number of nitrogens with zero attached hydrogens (tertiary/aromatic N) is 2. The van der Waals surface area contributed by atoms with Crippen molar-refractivity contribution in [3.8, 4) is 0 Å². The van der Waals surface area contributed by atoms with Gasteiger partial charge in [0.2, 0.25) is 0 Å². The Morgan fingerprint density at radius 1 is 1.31 bits per heavy atom. The lowest BCUT2D eigenvalue weighted by molar-refractivity contribution is -0.0179. The summed E-state index contributed by atoms with van der Waals surface area (Å²) in [6, 6.07) is 8.62. The van der Waals surface area contributed by atoms with E-state index in [1.807, 2.05) is 6.92 Å². The molecule has 6 nitrogen and oxygen atoms in total. The molecule has 2 atom stereocenters. The molecule has 3 rings (SSSR count). The van der Waals surface area contributed by atoms with Gasteiger partial charge in [-0.2, -0.15) is 0 Å². The molecule has 0 saturated carbocycles. The van der Waals surface area contributed by atoms with Crippen LogP contribution < -0.4 is 10.6 Å². The van der Waals surface area contributed by atoms with E-state index >= 15 is 0 Å². The van der Waals surface area contributed by atoms with Crippen LogP contribution in [-0.2, 0) is 11.2 Å². The normalized spacial score (nSPS) is 22.9. The van der Waals surface area contributed by atoms with Gasteiger partial charge in [-0.3, -0.25) is 9.89 Å². The van der Waals surface area contributed by atoms with E-state index in [0.717, 1.165) is 51.8 Å². The summed E-state index contributed by atoms with van der Waals surface area (Å²) in [5, 5.41) is 17.4. The van der Waals surface area contributed by atoms with Crippen LogP contribution in [0.3, 0.4) is 0 Å². The number of β-amino-alcohol motifs (C(OH)–C–C–N with tert-alkyl or cyclic N) is 1. The molecule has 0 aromatic heterocycles. The largest absolute Gasteiger partial charge is 0.387 e. The van der Waals surface area contributed by atoms with Crippen LogP contribution in [0.5, 0.6) is 0 Å². The number of aliphatic hydroxyl groups is 1. The lowest BCUT2D eigenvalue weighted by Gasteiger charge is -2.33. The van der Waals surface area contributed by atoms with E-state index in [1.54, 1.807) is 0 Å². The van der Waals surface area contributed by atoms with Crippen LogP contribution in [0.25, 0.3) is 0 Å². The number of fused-ring (bicyclic) bond motifs is 1. The monoisotopic (exact) mass is 360 g/mol. The number of morpholine rings is 1. The highest BCUT2D eigenvalue weighted by Gasteiger charge is 2.27. The molecule has 3 N–H and O–H groups in total. The van der Waals surface area contributed by atoms with E-state index in [9.17, 15) is 5.11 Å². The Morgan fingerprint density at radius 3 is 2.81 bits per heavy atom. The third kappa shape index (κ3) is 5.19. The van der Waals surface area contributed by atoms with Crippen LogP contribution in [0.4, 0.5) is 0 Å². The van der Waals surface area contributed by atoms with Crippen molar-refractivity contribution >= 4 is 5.96 Å². The molecule has 1 aromatic rings. The Morgan fingerprint density at radius 2 is 2.08 bits per heavy atom. The number of ether oxygens (including phenoxy) is 1. The lowest BCUT2D eigenvalue weighted by Crippen LogP contribution is -2.48. The molecular formula is C20H32N4O2. The van der Waals surface area contributed by atoms with Crippen molar-refractivity contribution in [3.63, 3.8) is 0 Å². The third-order valence-corrected chi connectivity index (χ3v) is 5.07. The summed E-state index contributed by atoms with van der Waals surface area (Å²) in [5.74, 6) is 1.32. The van der Waals surface area contributed by atoms with E-state index in [4.69, 9.17) is 4.74 Å². The Labute approximate surface area is 156 Å². The van der Waals surface area contributed by atoms with Gasteiger partial charge in [-0.25, -0.2) is 0 Å². The first kappa shape index (κ1) is 19.1. The van der Waals surface area contributed by atoms with Crippen LogP contribution in [0, 0.1) is 0 Å². The molecule has 1 aliphatic heterocycles. The summed E-state index contributed by atoms with van der Waals surface area (Å²) in [4.78, 5) is 6.86. The van der Waals surface area contributed by atoms with Gasteiger partial charge in [0, 0.05) is 38.6 Å². The Kier molecular flexibility index (Phi) is 6.51. The van der Waals surface area contributed by atoms with Gasteiger partial charge in [0.05, 0.1) is 25.4 Å². The molecule has 2 aliphatic rings. The molecular weight excluding hydrogens is 328 g/mol. The molecule has 1 aromatic carbocycles. The molecule has 1 saturated heterocycles. The first-order valence-corrected chi connectivity index (χ1v) is 9.70. The predicted molar refractivity (Wildman–Crippen MR) is 105 cm³/mol. The third-order valence-electron chi connectivity index (χ3n) is 5.07. The lowest BCUT2D eigenvalue weighted by atomic mass is 9.78. The van der Waals surface area contributed by atoms with Gasteiger partial charge >= 0.3 is 0 Å². The Bertz CT molecular complexity index is 612. The number of benzene rings is 1. The molecule has 0 spiro atoms. The molecule has 0 amide bonds. The second kappa shape index (κ2) is 8.84. The van der Waals surface area contributed by atoms with E-state index in [-0.39, 0.29) is 0 Å². The quantitative estimate of drug-likeness (QED) is 0.499. The fourth-order valence-electron chi connectivity index (χ4n) is 3.65. The topological polar surface area (TPSA) is 69.1 Å². The van der Waals surface area contributed by atoms with Crippen molar-refractivity contribution in [2.24, 2.45) is 4.99 Å². The molecule has 0 bridgehead atoms. The zero-order chi connectivity index (χ0) is 18.4. The predicted octanol–water partition coefficient (Wildman–Crippen LogP) is 0.965. The Balaban J connectivity index is 1.50. The standard InChI is InChI=1S/C20H32N4O2/c1-3-21-19(22-13-17-12-16-6-4-5-7-18(16)17)23-14-20(2,25)15-24-8-10-26-11-9-24/h4-7,17,25H,3,8-15H2,1-2H3,(H2,21,22,23). The maximum Gasteiger partial charge on any atom is 0.191 e. The molecule has 26 heavy (non-hydrogen) atoms. The molecule has 6 heteroatoms. The van der Waals surface area contributed by atoms with Crippen LogP contribution in [-0.4, -0.2) is 74.0 Å². The smallest absolute Gasteiger partial charge is 0.191 e. The fraction of sp³-hybridized carbons (Fsp3) is 0.650. The highest BCUT2D eigenvalue weighted by molar-refractivity contribution is 5.79. The number of hydrogen-bond acceptors (Lipinski definition) is 4. The second-order valence-electron chi connectivity index (χ2n) is 7.56. The SMILES string of the molecule is CCNC(=NCC(C)(O)CN1CCOCC1)NCC1Cc2ccccc21. The summed E-state index contributed by atoms with van der Waals surface area (Å²) in [6.45, 7) is 9.82. The van der Waals surface area contributed by atoms with Crippen LogP contribution in [0.2, 0.25) is 0 Å². The average molecular weight is 361 g/mol. The van der Waals surface area contributed by atoms with Crippen molar-refractivity contribution in [2.45, 2.75) is 31.8 Å². The molecule has 1 aliphatic carbocycles. The van der Waals surface area contributed by atoms with Crippen molar-refractivity contribution in [3.05, 3.63) is 35.4 Å². The van der Waals surface area contributed by atoms with Gasteiger partial charge in [0.15, 0.2) is 5.96 Å². The number of hydrogen-bond donors (Lipinski definition) is 3.